The molecule has 0 aliphatic heterocycles. The molecule has 4 heterocycles. The second-order valence-electron chi connectivity index (χ2n) is 4.82. The van der Waals surface area contributed by atoms with Gasteiger partial charge in [0, 0.05) is 74.4 Å². The minimum absolute atomic E-state index is 0.688. The van der Waals surface area contributed by atoms with Crippen molar-refractivity contribution in [2.24, 2.45) is 0 Å². The Hall–Kier alpha value is -2.72. The van der Waals surface area contributed by atoms with E-state index in [1.54, 1.807) is 93.2 Å². The van der Waals surface area contributed by atoms with Crippen LogP contribution in [0.2, 0.25) is 0 Å². The Bertz CT molecular complexity index is 750. The summed E-state index contributed by atoms with van der Waals surface area (Å²) >= 11 is 6.88. The van der Waals surface area contributed by atoms with Gasteiger partial charge in [0.15, 0.2) is 0 Å². The zero-order valence-corrected chi connectivity index (χ0v) is 21.1. The van der Waals surface area contributed by atoms with Crippen LogP contribution in [0.4, 0.5) is 0 Å². The van der Waals surface area contributed by atoms with Crippen molar-refractivity contribution in [1.29, 1.82) is 0 Å². The fraction of sp³-hybridized carbons (Fsp3) is 0. The first-order chi connectivity index (χ1) is 15.1. The van der Waals surface area contributed by atoms with Gasteiger partial charge in [0.05, 0.1) is 25.3 Å². The molecule has 0 aliphatic rings. The van der Waals surface area contributed by atoms with Crippen molar-refractivity contribution in [3.63, 3.8) is 0 Å². The quantitative estimate of drug-likeness (QED) is 0.289. The normalized spacial score (nSPS) is 8.32. The molecule has 4 aromatic rings. The summed E-state index contributed by atoms with van der Waals surface area (Å²) in [5, 5.41) is 0. The number of rotatable bonds is 4. The topological polar surface area (TPSA) is 71.3 Å². The molecule has 0 amide bonds. The van der Waals surface area contributed by atoms with Crippen LogP contribution < -0.4 is 0 Å². The molecular formula is C20H24Br2MnN8. The molecule has 11 heteroatoms. The van der Waals surface area contributed by atoms with Gasteiger partial charge in [-0.15, -0.1) is 0 Å². The number of hydrogen-bond acceptors (Lipinski definition) is 4. The van der Waals surface area contributed by atoms with Gasteiger partial charge >= 0.3 is 39.6 Å². The second kappa shape index (κ2) is 20.5. The van der Waals surface area contributed by atoms with Gasteiger partial charge in [0.25, 0.3) is 0 Å². The van der Waals surface area contributed by atoms with E-state index < -0.39 is 0 Å². The molecule has 0 bridgehead atoms. The van der Waals surface area contributed by atoms with E-state index in [1.165, 1.54) is 0 Å². The molecule has 8 nitrogen and oxygen atoms in total. The average molecular weight is 591 g/mol. The van der Waals surface area contributed by atoms with Gasteiger partial charge < -0.3 is 18.3 Å². The summed E-state index contributed by atoms with van der Waals surface area (Å²) in [6, 6.07) is 0. The number of aromatic nitrogens is 8. The van der Waals surface area contributed by atoms with Gasteiger partial charge in [-0.2, -0.15) is 0 Å². The summed E-state index contributed by atoms with van der Waals surface area (Å²) in [4.78, 5) is 15.1. The fourth-order valence-corrected chi connectivity index (χ4v) is 1.51. The maximum atomic E-state index is 3.78. The van der Waals surface area contributed by atoms with E-state index in [-0.39, 0.29) is 0 Å². The molecule has 31 heavy (non-hydrogen) atoms. The van der Waals surface area contributed by atoms with E-state index in [2.05, 4.69) is 74.5 Å². The summed E-state index contributed by atoms with van der Waals surface area (Å²) in [5.74, 6) is 0. The molecule has 0 spiro atoms. The first-order valence-corrected chi connectivity index (χ1v) is 14.3. The van der Waals surface area contributed by atoms with Gasteiger partial charge in [-0.25, -0.2) is 19.9 Å². The van der Waals surface area contributed by atoms with Crippen molar-refractivity contribution < 1.29 is 11.3 Å². The van der Waals surface area contributed by atoms with E-state index >= 15 is 0 Å². The van der Waals surface area contributed by atoms with E-state index in [9.17, 15) is 0 Å². The Morgan fingerprint density at radius 1 is 0.516 bits per heavy atom. The van der Waals surface area contributed by atoms with E-state index in [4.69, 9.17) is 0 Å². The third-order valence-corrected chi connectivity index (χ3v) is 2.94. The summed E-state index contributed by atoms with van der Waals surface area (Å²) in [5.41, 5.74) is 0. The molecule has 0 atom stereocenters. The van der Waals surface area contributed by atoms with Crippen LogP contribution in [-0.4, -0.2) is 38.2 Å². The summed E-state index contributed by atoms with van der Waals surface area (Å²) in [7, 11) is 0. The van der Waals surface area contributed by atoms with Gasteiger partial charge in [0.2, 0.25) is 0 Å². The number of halogens is 2. The van der Waals surface area contributed by atoms with Crippen LogP contribution in [0, 0.1) is 0 Å². The zero-order valence-electron chi connectivity index (χ0n) is 16.8. The van der Waals surface area contributed by atoms with Crippen LogP contribution in [0.15, 0.2) is 101 Å². The monoisotopic (exact) mass is 589 g/mol. The Morgan fingerprint density at radius 3 is 0.774 bits per heavy atom. The molecular weight excluding hydrogens is 567 g/mol. The van der Waals surface area contributed by atoms with Crippen LogP contribution in [0.5, 0.6) is 0 Å². The number of hydrogen-bond donors (Lipinski definition) is 0. The summed E-state index contributed by atoms with van der Waals surface area (Å²) < 4.78 is 7.11. The Kier molecular flexibility index (Phi) is 18.7. The molecule has 0 aromatic carbocycles. The molecule has 4 rings (SSSR count). The van der Waals surface area contributed by atoms with Crippen molar-refractivity contribution in [3.05, 3.63) is 101 Å². The average Bonchev–Trinajstić information content (AvgIpc) is 3.64. The molecule has 165 valence electrons. The zero-order chi connectivity index (χ0) is 23.2. The first kappa shape index (κ1) is 28.3. The van der Waals surface area contributed by atoms with Crippen LogP contribution in [-0.2, 0) is 11.3 Å². The van der Waals surface area contributed by atoms with Crippen molar-refractivity contribution in [2.75, 3.05) is 0 Å². The molecule has 0 saturated carbocycles. The molecule has 4 aromatic heterocycles. The van der Waals surface area contributed by atoms with Gasteiger partial charge in [-0.1, -0.05) is 26.3 Å². The molecule has 0 fully saturated rings. The molecule has 0 unspecified atom stereocenters. The Morgan fingerprint density at radius 2 is 0.710 bits per heavy atom. The van der Waals surface area contributed by atoms with E-state index in [1.807, 2.05) is 24.8 Å². The maximum absolute atomic E-state index is 3.78. The first-order valence-electron chi connectivity index (χ1n) is 8.42. The summed E-state index contributed by atoms with van der Waals surface area (Å²) in [6.07, 6.45) is 27.6. The Labute approximate surface area is 202 Å². The predicted molar refractivity (Wildman–Crippen MR) is 132 cm³/mol. The standard InChI is InChI=1S/4C5H6N2.2BrH.Mn/c4*1-2-7-4-3-6-5-7;;;/h4*2-5H,1H2;2*1H;/q;;;;;;+2/p-2. The van der Waals surface area contributed by atoms with E-state index in [0.29, 0.717) is 11.3 Å². The molecule has 0 aliphatic carbocycles. The summed E-state index contributed by atoms with van der Waals surface area (Å²) in [6.45, 7) is 14.1. The van der Waals surface area contributed by atoms with Crippen LogP contribution in [0.1, 0.15) is 0 Å². The van der Waals surface area contributed by atoms with Gasteiger partial charge in [-0.3, -0.25) is 0 Å². The van der Waals surface area contributed by atoms with Gasteiger partial charge in [0.1, 0.15) is 0 Å². The van der Waals surface area contributed by atoms with E-state index in [0.717, 1.165) is 0 Å². The number of nitrogens with zero attached hydrogens (tertiary/aromatic N) is 8. The molecule has 0 saturated heterocycles. The fourth-order valence-electron chi connectivity index (χ4n) is 1.51. The van der Waals surface area contributed by atoms with Crippen LogP contribution in [0.3, 0.4) is 0 Å². The molecule has 0 N–H and O–H groups in total. The van der Waals surface area contributed by atoms with Gasteiger partial charge in [-0.05, 0) is 0 Å². The van der Waals surface area contributed by atoms with Crippen molar-refractivity contribution in [2.45, 2.75) is 0 Å². The van der Waals surface area contributed by atoms with Crippen molar-refractivity contribution in [3.8, 4) is 0 Å². The predicted octanol–water partition coefficient (Wildman–Crippen LogP) is 5.62. The Balaban J connectivity index is 0.000000371. The third kappa shape index (κ3) is 15.7. The third-order valence-electron chi connectivity index (χ3n) is 2.94. The minimum atomic E-state index is 0.688. The van der Waals surface area contributed by atoms with Crippen LogP contribution in [0.25, 0.3) is 24.8 Å². The van der Waals surface area contributed by atoms with Crippen LogP contribution >= 0.6 is 28.2 Å². The number of imidazole rings is 4. The van der Waals surface area contributed by atoms with Crippen molar-refractivity contribution >= 4 is 53.0 Å². The SMILES string of the molecule is C=Cn1ccnc1.C=Cn1ccnc1.C=Cn1ccnc1.C=Cn1ccnc1.[Br][Mn][Br]. The van der Waals surface area contributed by atoms with Crippen molar-refractivity contribution in [1.82, 2.24) is 38.2 Å². The second-order valence-corrected chi connectivity index (χ2v) is 10.8. The molecule has 0 radical (unpaired) electrons.